The van der Waals surface area contributed by atoms with Crippen molar-refractivity contribution in [3.05, 3.63) is 76.9 Å². The molecule has 1 aliphatic rings. The minimum Gasteiger partial charge on any atom is -0.486 e. The van der Waals surface area contributed by atoms with Crippen molar-refractivity contribution < 1.29 is 18.7 Å². The predicted molar refractivity (Wildman–Crippen MR) is 109 cm³/mol. The number of aryl methyl sites for hydroxylation is 1. The van der Waals surface area contributed by atoms with Gasteiger partial charge >= 0.3 is 0 Å². The Morgan fingerprint density at radius 1 is 1.07 bits per heavy atom. The lowest BCUT2D eigenvalue weighted by atomic mass is 10.1. The van der Waals surface area contributed by atoms with Gasteiger partial charge in [0.25, 0.3) is 5.91 Å². The van der Waals surface area contributed by atoms with E-state index in [-0.39, 0.29) is 11.7 Å². The van der Waals surface area contributed by atoms with E-state index in [1.807, 2.05) is 42.7 Å². The van der Waals surface area contributed by atoms with Crippen LogP contribution >= 0.6 is 0 Å². The van der Waals surface area contributed by atoms with Crippen LogP contribution in [0.4, 0.5) is 4.39 Å². The maximum absolute atomic E-state index is 13.7. The van der Waals surface area contributed by atoms with Gasteiger partial charge in [-0.3, -0.25) is 4.79 Å². The number of nitrogens with zero attached hydrogens (tertiary/aromatic N) is 1. The van der Waals surface area contributed by atoms with Crippen LogP contribution in [0.15, 0.2) is 48.5 Å². The van der Waals surface area contributed by atoms with E-state index in [0.29, 0.717) is 43.1 Å². The first-order chi connectivity index (χ1) is 14.0. The summed E-state index contributed by atoms with van der Waals surface area (Å²) in [7, 11) is 0. The number of fused-ring (bicyclic) bond motifs is 1. The second kappa shape index (κ2) is 7.99. The van der Waals surface area contributed by atoms with E-state index in [9.17, 15) is 9.18 Å². The quantitative estimate of drug-likeness (QED) is 0.712. The van der Waals surface area contributed by atoms with Crippen LogP contribution in [0.5, 0.6) is 11.5 Å². The Hall–Kier alpha value is -3.28. The van der Waals surface area contributed by atoms with Crippen molar-refractivity contribution in [2.75, 3.05) is 19.8 Å². The summed E-state index contributed by atoms with van der Waals surface area (Å²) in [5, 5.41) is 2.89. The van der Waals surface area contributed by atoms with E-state index >= 15 is 0 Å². The van der Waals surface area contributed by atoms with E-state index in [4.69, 9.17) is 9.47 Å². The van der Waals surface area contributed by atoms with Gasteiger partial charge in [0.2, 0.25) is 0 Å². The lowest BCUT2D eigenvalue weighted by molar-refractivity contribution is 0.0953. The zero-order valence-corrected chi connectivity index (χ0v) is 16.5. The smallest absolute Gasteiger partial charge is 0.253 e. The van der Waals surface area contributed by atoms with E-state index < -0.39 is 0 Å². The highest BCUT2D eigenvalue weighted by Crippen LogP contribution is 2.33. The van der Waals surface area contributed by atoms with Crippen LogP contribution in [-0.2, 0) is 6.42 Å². The predicted octanol–water partition coefficient (Wildman–Crippen LogP) is 3.98. The molecule has 0 unspecified atom stereocenters. The van der Waals surface area contributed by atoms with Crippen molar-refractivity contribution >= 4 is 5.91 Å². The average Bonchev–Trinajstić information content (AvgIpc) is 3.03. The number of benzene rings is 2. The summed E-state index contributed by atoms with van der Waals surface area (Å²) < 4.78 is 27.0. The Labute approximate surface area is 169 Å². The average molecular weight is 394 g/mol. The first-order valence-electron chi connectivity index (χ1n) is 9.65. The van der Waals surface area contributed by atoms with Gasteiger partial charge in [-0.15, -0.1) is 0 Å². The van der Waals surface area contributed by atoms with Crippen LogP contribution in [0, 0.1) is 19.7 Å². The summed E-state index contributed by atoms with van der Waals surface area (Å²) in [6.07, 6.45) is 0.444. The Balaban J connectivity index is 1.51. The van der Waals surface area contributed by atoms with E-state index in [1.165, 1.54) is 6.07 Å². The fraction of sp³-hybridized carbons (Fsp3) is 0.261. The number of aromatic nitrogens is 1. The van der Waals surface area contributed by atoms with Crippen LogP contribution in [0.3, 0.4) is 0 Å². The molecule has 1 N–H and O–H groups in total. The molecule has 6 heteroatoms. The van der Waals surface area contributed by atoms with Gasteiger partial charge in [0.1, 0.15) is 19.0 Å². The van der Waals surface area contributed by atoms with Gasteiger partial charge in [-0.25, -0.2) is 4.39 Å². The lowest BCUT2D eigenvalue weighted by Crippen LogP contribution is -2.26. The normalized spacial score (nSPS) is 12.7. The Bertz CT molecular complexity index is 1060. The minimum absolute atomic E-state index is 0.168. The molecule has 1 amide bonds. The van der Waals surface area contributed by atoms with Crippen LogP contribution in [0.1, 0.15) is 27.3 Å². The van der Waals surface area contributed by atoms with Gasteiger partial charge < -0.3 is 19.4 Å². The second-order valence-corrected chi connectivity index (χ2v) is 7.05. The number of rotatable bonds is 5. The van der Waals surface area contributed by atoms with Gasteiger partial charge in [-0.05, 0) is 50.1 Å². The summed E-state index contributed by atoms with van der Waals surface area (Å²) in [6.45, 7) is 5.31. The second-order valence-electron chi connectivity index (χ2n) is 7.05. The van der Waals surface area contributed by atoms with Crippen molar-refractivity contribution in [2.24, 2.45) is 0 Å². The molecule has 1 aliphatic heterocycles. The third kappa shape index (κ3) is 3.83. The first-order valence-corrected chi connectivity index (χ1v) is 9.65. The molecular weight excluding hydrogens is 371 g/mol. The first kappa shape index (κ1) is 19.1. The van der Waals surface area contributed by atoms with Crippen molar-refractivity contribution in [1.82, 2.24) is 9.88 Å². The number of carbonyl (C=O) groups excluding carboxylic acids is 1. The summed E-state index contributed by atoms with van der Waals surface area (Å²) >= 11 is 0. The number of nitrogens with one attached hydrogen (secondary N) is 1. The van der Waals surface area contributed by atoms with Gasteiger partial charge in [-0.2, -0.15) is 0 Å². The molecule has 4 rings (SSSR count). The maximum atomic E-state index is 13.7. The topological polar surface area (TPSA) is 52.5 Å². The fourth-order valence-electron chi connectivity index (χ4n) is 3.67. The number of carbonyl (C=O) groups is 1. The zero-order valence-electron chi connectivity index (χ0n) is 16.5. The van der Waals surface area contributed by atoms with Crippen LogP contribution < -0.4 is 14.8 Å². The highest BCUT2D eigenvalue weighted by Gasteiger charge is 2.19. The number of hydrogen-bond donors (Lipinski definition) is 1. The highest BCUT2D eigenvalue weighted by molar-refractivity contribution is 5.96. The van der Waals surface area contributed by atoms with Crippen LogP contribution in [0.25, 0.3) is 5.69 Å². The molecule has 2 heterocycles. The van der Waals surface area contributed by atoms with Gasteiger partial charge in [0.05, 0.1) is 5.56 Å². The summed E-state index contributed by atoms with van der Waals surface area (Å²) in [4.78, 5) is 12.7. The van der Waals surface area contributed by atoms with Gasteiger partial charge in [-0.1, -0.05) is 18.2 Å². The Morgan fingerprint density at radius 2 is 1.83 bits per heavy atom. The van der Waals surface area contributed by atoms with Crippen molar-refractivity contribution in [3.8, 4) is 17.2 Å². The van der Waals surface area contributed by atoms with Gasteiger partial charge in [0, 0.05) is 29.7 Å². The molecular formula is C23H23FN2O3. The molecule has 0 spiro atoms. The van der Waals surface area contributed by atoms with E-state index in [0.717, 1.165) is 22.8 Å². The molecule has 0 atom stereocenters. The number of ether oxygens (including phenoxy) is 2. The number of hydrogen-bond acceptors (Lipinski definition) is 3. The molecule has 0 aliphatic carbocycles. The van der Waals surface area contributed by atoms with Crippen LogP contribution in [-0.4, -0.2) is 30.2 Å². The van der Waals surface area contributed by atoms with Crippen LogP contribution in [0.2, 0.25) is 0 Å². The van der Waals surface area contributed by atoms with Crippen molar-refractivity contribution in [1.29, 1.82) is 0 Å². The Kier molecular flexibility index (Phi) is 5.25. The van der Waals surface area contributed by atoms with Gasteiger partial charge in [0.15, 0.2) is 11.5 Å². The monoisotopic (exact) mass is 394 g/mol. The third-order valence-corrected chi connectivity index (χ3v) is 5.10. The largest absolute Gasteiger partial charge is 0.486 e. The van der Waals surface area contributed by atoms with E-state index in [1.54, 1.807) is 18.2 Å². The molecule has 1 aromatic heterocycles. The minimum atomic E-state index is -0.251. The van der Waals surface area contributed by atoms with E-state index in [2.05, 4.69) is 5.32 Å². The molecule has 0 saturated heterocycles. The number of halogens is 1. The highest BCUT2D eigenvalue weighted by atomic mass is 19.1. The fourth-order valence-corrected chi connectivity index (χ4v) is 3.67. The summed E-state index contributed by atoms with van der Waals surface area (Å²) in [5.41, 5.74) is 3.89. The molecule has 150 valence electrons. The van der Waals surface area contributed by atoms with Crippen molar-refractivity contribution in [2.45, 2.75) is 20.3 Å². The molecule has 29 heavy (non-hydrogen) atoms. The molecule has 5 nitrogen and oxygen atoms in total. The standard InChI is InChI=1S/C23H23FN2O3/c1-15-13-19(23(27)25-10-9-17-5-3-4-6-20(17)24)16(2)26(15)18-7-8-21-22(14-18)29-12-11-28-21/h3-8,13-14H,9-12H2,1-2H3,(H,25,27). The molecule has 2 aromatic carbocycles. The third-order valence-electron chi connectivity index (χ3n) is 5.10. The molecule has 0 bridgehead atoms. The zero-order chi connectivity index (χ0) is 20.4. The molecule has 0 saturated carbocycles. The summed E-state index contributed by atoms with van der Waals surface area (Å²) in [5.74, 6) is 1.02. The lowest BCUT2D eigenvalue weighted by Gasteiger charge is -2.20. The Morgan fingerprint density at radius 3 is 2.62 bits per heavy atom. The SMILES string of the molecule is Cc1cc(C(=O)NCCc2ccccc2F)c(C)n1-c1ccc2c(c1)OCCO2. The molecule has 0 radical (unpaired) electrons. The maximum Gasteiger partial charge on any atom is 0.253 e. The molecule has 3 aromatic rings. The number of amides is 1. The summed E-state index contributed by atoms with van der Waals surface area (Å²) in [6, 6.07) is 14.2. The van der Waals surface area contributed by atoms with Crippen molar-refractivity contribution in [3.63, 3.8) is 0 Å². The molecule has 0 fully saturated rings.